The number of hydrogen-bond donors (Lipinski definition) is 1. The number of benzene rings is 1. The Kier molecular flexibility index (Phi) is 4.84. The summed E-state index contributed by atoms with van der Waals surface area (Å²) in [5, 5.41) is 12.2. The molecule has 29 heavy (non-hydrogen) atoms. The van der Waals surface area contributed by atoms with Gasteiger partial charge in [-0.3, -0.25) is 14.2 Å². The monoisotopic (exact) mass is 408 g/mol. The van der Waals surface area contributed by atoms with Crippen LogP contribution in [0.2, 0.25) is 0 Å². The molecule has 1 unspecified atom stereocenters. The van der Waals surface area contributed by atoms with Crippen molar-refractivity contribution in [1.29, 1.82) is 5.26 Å². The molecular weight excluding hydrogens is 388 g/mol. The summed E-state index contributed by atoms with van der Waals surface area (Å²) in [6, 6.07) is 11.6. The Morgan fingerprint density at radius 1 is 1.41 bits per heavy atom. The Balaban J connectivity index is 1.58. The van der Waals surface area contributed by atoms with E-state index in [4.69, 9.17) is 4.74 Å². The Morgan fingerprint density at radius 3 is 2.76 bits per heavy atom. The van der Waals surface area contributed by atoms with Crippen LogP contribution in [0.15, 0.2) is 41.5 Å². The molecule has 1 N–H and O–H groups in total. The first-order valence-corrected chi connectivity index (χ1v) is 10.1. The SMILES string of the molecule is COc1ccc(-c2cc3ncn(CC(=O)NC(C)(C#N)C4CC4)c(=O)c3s2)cc1. The molecule has 0 spiro atoms. The van der Waals surface area contributed by atoms with Crippen molar-refractivity contribution in [3.8, 4) is 22.3 Å². The van der Waals surface area contributed by atoms with Crippen molar-refractivity contribution in [3.63, 3.8) is 0 Å². The van der Waals surface area contributed by atoms with Gasteiger partial charge >= 0.3 is 0 Å². The molecule has 1 aliphatic rings. The van der Waals surface area contributed by atoms with E-state index >= 15 is 0 Å². The minimum absolute atomic E-state index is 0.165. The van der Waals surface area contributed by atoms with Crippen LogP contribution in [0.5, 0.6) is 5.75 Å². The van der Waals surface area contributed by atoms with Crippen molar-refractivity contribution in [3.05, 3.63) is 47.0 Å². The lowest BCUT2D eigenvalue weighted by molar-refractivity contribution is -0.123. The summed E-state index contributed by atoms with van der Waals surface area (Å²) in [7, 11) is 1.61. The first kappa shape index (κ1) is 19.2. The van der Waals surface area contributed by atoms with E-state index in [-0.39, 0.29) is 23.9 Å². The predicted molar refractivity (Wildman–Crippen MR) is 111 cm³/mol. The van der Waals surface area contributed by atoms with Gasteiger partial charge in [0.25, 0.3) is 5.56 Å². The molecule has 0 saturated heterocycles. The minimum atomic E-state index is -0.886. The maximum atomic E-state index is 12.9. The molecule has 3 aromatic rings. The van der Waals surface area contributed by atoms with Gasteiger partial charge in [-0.25, -0.2) is 4.98 Å². The third-order valence-corrected chi connectivity index (χ3v) is 6.38. The van der Waals surface area contributed by atoms with Crippen LogP contribution >= 0.6 is 11.3 Å². The van der Waals surface area contributed by atoms with Gasteiger partial charge in [0.1, 0.15) is 22.5 Å². The number of carbonyl (C=O) groups is 1. The van der Waals surface area contributed by atoms with Crippen LogP contribution in [0.4, 0.5) is 0 Å². The molecule has 0 bridgehead atoms. The van der Waals surface area contributed by atoms with Crippen molar-refractivity contribution in [2.75, 3.05) is 7.11 Å². The van der Waals surface area contributed by atoms with Crippen LogP contribution in [-0.2, 0) is 11.3 Å². The van der Waals surface area contributed by atoms with Crippen molar-refractivity contribution in [2.24, 2.45) is 5.92 Å². The second kappa shape index (κ2) is 7.33. The van der Waals surface area contributed by atoms with E-state index in [1.54, 1.807) is 14.0 Å². The number of nitriles is 1. The van der Waals surface area contributed by atoms with E-state index in [9.17, 15) is 14.9 Å². The number of carbonyl (C=O) groups excluding carboxylic acids is 1. The van der Waals surface area contributed by atoms with Gasteiger partial charge in [0.15, 0.2) is 0 Å². The number of hydrogen-bond acceptors (Lipinski definition) is 6. The first-order valence-electron chi connectivity index (χ1n) is 9.29. The van der Waals surface area contributed by atoms with Gasteiger partial charge in [0.05, 0.1) is 25.0 Å². The van der Waals surface area contributed by atoms with E-state index in [1.807, 2.05) is 30.3 Å². The summed E-state index contributed by atoms with van der Waals surface area (Å²) in [6.45, 7) is 1.56. The van der Waals surface area contributed by atoms with Crippen LogP contribution in [-0.4, -0.2) is 28.1 Å². The summed E-state index contributed by atoms with van der Waals surface area (Å²) >= 11 is 1.34. The lowest BCUT2D eigenvalue weighted by atomic mass is 9.98. The highest BCUT2D eigenvalue weighted by atomic mass is 32.1. The molecule has 148 valence electrons. The number of fused-ring (bicyclic) bond motifs is 1. The second-order valence-corrected chi connectivity index (χ2v) is 8.42. The topological polar surface area (TPSA) is 97.0 Å². The molecule has 1 amide bonds. The number of nitrogens with zero attached hydrogens (tertiary/aromatic N) is 3. The van der Waals surface area contributed by atoms with E-state index in [0.717, 1.165) is 29.0 Å². The largest absolute Gasteiger partial charge is 0.497 e. The van der Waals surface area contributed by atoms with Gasteiger partial charge in [-0.15, -0.1) is 11.3 Å². The lowest BCUT2D eigenvalue weighted by Crippen LogP contribution is -2.48. The van der Waals surface area contributed by atoms with Gasteiger partial charge in [-0.2, -0.15) is 5.26 Å². The standard InChI is InChI=1S/C21H20N4O3S/c1-21(11-22,14-5-6-14)24-18(26)10-25-12-23-16-9-17(29-19(16)20(25)27)13-3-7-15(28-2)8-4-13/h3-4,7-9,12,14H,5-6,10H2,1-2H3,(H,24,26). The molecule has 2 heterocycles. The van der Waals surface area contributed by atoms with E-state index < -0.39 is 5.54 Å². The van der Waals surface area contributed by atoms with Crippen LogP contribution in [0.3, 0.4) is 0 Å². The molecule has 2 aromatic heterocycles. The number of methoxy groups -OCH3 is 1. The van der Waals surface area contributed by atoms with E-state index in [2.05, 4.69) is 16.4 Å². The predicted octanol–water partition coefficient (Wildman–Crippen LogP) is 2.94. The number of nitrogens with one attached hydrogen (secondary N) is 1. The zero-order chi connectivity index (χ0) is 20.6. The van der Waals surface area contributed by atoms with Crippen molar-refractivity contribution >= 4 is 27.5 Å². The fourth-order valence-corrected chi connectivity index (χ4v) is 4.39. The van der Waals surface area contributed by atoms with Crippen LogP contribution in [0.1, 0.15) is 19.8 Å². The third-order valence-electron chi connectivity index (χ3n) is 5.22. The molecule has 8 heteroatoms. The Labute approximate surface area is 171 Å². The summed E-state index contributed by atoms with van der Waals surface area (Å²) in [4.78, 5) is 30.6. The number of amides is 1. The molecular formula is C21H20N4O3S. The summed E-state index contributed by atoms with van der Waals surface area (Å²) in [5.74, 6) is 0.575. The average Bonchev–Trinajstić information content (AvgIpc) is 3.50. The highest BCUT2D eigenvalue weighted by molar-refractivity contribution is 7.22. The quantitative estimate of drug-likeness (QED) is 0.676. The Hall–Kier alpha value is -3.18. The van der Waals surface area contributed by atoms with Crippen molar-refractivity contribution in [2.45, 2.75) is 31.8 Å². The van der Waals surface area contributed by atoms with E-state index in [0.29, 0.717) is 10.2 Å². The summed E-state index contributed by atoms with van der Waals surface area (Å²) in [5.41, 5.74) is 0.414. The number of ether oxygens (including phenoxy) is 1. The van der Waals surface area contributed by atoms with Gasteiger partial charge in [-0.1, -0.05) is 0 Å². The maximum absolute atomic E-state index is 12.9. The Morgan fingerprint density at radius 2 is 2.14 bits per heavy atom. The van der Waals surface area contributed by atoms with Gasteiger partial charge in [0.2, 0.25) is 5.91 Å². The van der Waals surface area contributed by atoms with Crippen molar-refractivity contribution in [1.82, 2.24) is 14.9 Å². The molecule has 1 saturated carbocycles. The molecule has 1 aliphatic carbocycles. The highest BCUT2D eigenvalue weighted by Gasteiger charge is 2.43. The van der Waals surface area contributed by atoms with Gasteiger partial charge in [0, 0.05) is 4.88 Å². The number of rotatable bonds is 6. The van der Waals surface area contributed by atoms with Gasteiger partial charge < -0.3 is 10.1 Å². The van der Waals surface area contributed by atoms with Crippen LogP contribution in [0, 0.1) is 17.2 Å². The first-order chi connectivity index (χ1) is 13.9. The molecule has 0 aliphatic heterocycles. The number of aromatic nitrogens is 2. The normalized spacial score (nSPS) is 15.5. The summed E-state index contributed by atoms with van der Waals surface area (Å²) < 4.78 is 6.96. The second-order valence-electron chi connectivity index (χ2n) is 7.37. The van der Waals surface area contributed by atoms with Crippen LogP contribution < -0.4 is 15.6 Å². The third kappa shape index (κ3) is 3.74. The average molecular weight is 408 g/mol. The van der Waals surface area contributed by atoms with E-state index in [1.165, 1.54) is 22.2 Å². The molecule has 0 radical (unpaired) electrons. The van der Waals surface area contributed by atoms with Crippen molar-refractivity contribution < 1.29 is 9.53 Å². The van der Waals surface area contributed by atoms with Gasteiger partial charge in [-0.05, 0) is 61.6 Å². The maximum Gasteiger partial charge on any atom is 0.271 e. The highest BCUT2D eigenvalue weighted by Crippen LogP contribution is 2.39. The molecule has 7 nitrogen and oxygen atoms in total. The van der Waals surface area contributed by atoms with Crippen LogP contribution in [0.25, 0.3) is 20.7 Å². The fourth-order valence-electron chi connectivity index (χ4n) is 3.32. The molecule has 4 rings (SSSR count). The zero-order valence-electron chi connectivity index (χ0n) is 16.1. The summed E-state index contributed by atoms with van der Waals surface area (Å²) in [6.07, 6.45) is 3.25. The Bertz CT molecular complexity index is 1170. The smallest absolute Gasteiger partial charge is 0.271 e. The molecule has 1 atom stereocenters. The minimum Gasteiger partial charge on any atom is -0.497 e. The zero-order valence-corrected chi connectivity index (χ0v) is 17.0. The molecule has 1 fully saturated rings. The molecule has 1 aromatic carbocycles. The number of thiophene rings is 1. The fraction of sp³-hybridized carbons (Fsp3) is 0.333. The lowest BCUT2D eigenvalue weighted by Gasteiger charge is -2.22.